The Morgan fingerprint density at radius 2 is 1.25 bits per heavy atom. The Morgan fingerprint density at radius 3 is 1.68 bits per heavy atom. The first-order valence-electron chi connectivity index (χ1n) is 9.40. The predicted molar refractivity (Wildman–Crippen MR) is 112 cm³/mol. The van der Waals surface area contributed by atoms with Crippen LogP contribution in [0, 0.1) is 0 Å². The van der Waals surface area contributed by atoms with Gasteiger partial charge in [-0.3, -0.25) is 9.59 Å². The molecule has 0 aliphatic rings. The van der Waals surface area contributed by atoms with Gasteiger partial charge in [0.25, 0.3) is 11.8 Å². The topological polar surface area (TPSA) is 67.4 Å². The maximum atomic E-state index is 12.6. The molecule has 2 rings (SSSR count). The third kappa shape index (κ3) is 7.06. The lowest BCUT2D eigenvalue weighted by Crippen LogP contribution is -2.41. The van der Waals surface area contributed by atoms with E-state index in [4.69, 9.17) is 4.74 Å². The molecule has 0 heterocycles. The van der Waals surface area contributed by atoms with Gasteiger partial charge in [-0.25, -0.2) is 0 Å². The molecule has 28 heavy (non-hydrogen) atoms. The van der Waals surface area contributed by atoms with Crippen molar-refractivity contribution >= 4 is 11.8 Å². The van der Waals surface area contributed by atoms with Crippen LogP contribution in [0.1, 0.15) is 67.8 Å². The SMILES string of the molecule is CC(C)(C)NC(=O)c1cc(OCc2ccccc2)cc(C(=O)NC(C)(C)C)c1. The Kier molecular flexibility index (Phi) is 6.49. The van der Waals surface area contributed by atoms with Gasteiger partial charge in [0.15, 0.2) is 0 Å². The first-order chi connectivity index (χ1) is 12.9. The van der Waals surface area contributed by atoms with Crippen LogP contribution in [-0.4, -0.2) is 22.9 Å². The third-order valence-electron chi connectivity index (χ3n) is 3.66. The fourth-order valence-corrected chi connectivity index (χ4v) is 2.51. The van der Waals surface area contributed by atoms with Crippen LogP contribution in [0.2, 0.25) is 0 Å². The number of nitrogens with one attached hydrogen (secondary N) is 2. The molecule has 0 radical (unpaired) electrons. The molecule has 0 atom stereocenters. The zero-order valence-electron chi connectivity index (χ0n) is 17.6. The van der Waals surface area contributed by atoms with E-state index in [0.717, 1.165) is 5.56 Å². The first kappa shape index (κ1) is 21.5. The molecule has 0 aliphatic carbocycles. The highest BCUT2D eigenvalue weighted by molar-refractivity contribution is 6.00. The second-order valence-electron chi connectivity index (χ2n) is 8.93. The van der Waals surface area contributed by atoms with E-state index in [2.05, 4.69) is 10.6 Å². The van der Waals surface area contributed by atoms with Gasteiger partial charge in [0.1, 0.15) is 12.4 Å². The van der Waals surface area contributed by atoms with Crippen molar-refractivity contribution in [1.29, 1.82) is 0 Å². The maximum absolute atomic E-state index is 12.6. The molecule has 150 valence electrons. The van der Waals surface area contributed by atoms with Gasteiger partial charge in [-0.1, -0.05) is 30.3 Å². The molecular formula is C23H30N2O3. The van der Waals surface area contributed by atoms with Gasteiger partial charge in [-0.2, -0.15) is 0 Å². The van der Waals surface area contributed by atoms with Crippen molar-refractivity contribution in [2.45, 2.75) is 59.2 Å². The predicted octanol–water partition coefficient (Wildman–Crippen LogP) is 4.32. The summed E-state index contributed by atoms with van der Waals surface area (Å²) in [5.41, 5.74) is 1.02. The second-order valence-corrected chi connectivity index (χ2v) is 8.93. The van der Waals surface area contributed by atoms with E-state index in [1.54, 1.807) is 18.2 Å². The Bertz CT molecular complexity index is 785. The van der Waals surface area contributed by atoms with Crippen molar-refractivity contribution in [3.05, 3.63) is 65.2 Å². The molecule has 2 N–H and O–H groups in total. The summed E-state index contributed by atoms with van der Waals surface area (Å²) < 4.78 is 5.87. The summed E-state index contributed by atoms with van der Waals surface area (Å²) in [6.07, 6.45) is 0. The number of hydrogen-bond acceptors (Lipinski definition) is 3. The number of benzene rings is 2. The van der Waals surface area contributed by atoms with Gasteiger partial charge < -0.3 is 15.4 Å². The Balaban J connectivity index is 2.31. The van der Waals surface area contributed by atoms with Crippen molar-refractivity contribution in [3.8, 4) is 5.75 Å². The van der Waals surface area contributed by atoms with E-state index < -0.39 is 0 Å². The molecule has 0 fully saturated rings. The molecule has 0 saturated carbocycles. The van der Waals surface area contributed by atoms with Crippen LogP contribution >= 0.6 is 0 Å². The second kappa shape index (κ2) is 8.46. The van der Waals surface area contributed by atoms with Gasteiger partial charge in [0.05, 0.1) is 0 Å². The minimum absolute atomic E-state index is 0.248. The van der Waals surface area contributed by atoms with Gasteiger partial charge in [0.2, 0.25) is 0 Å². The largest absolute Gasteiger partial charge is 0.489 e. The van der Waals surface area contributed by atoms with E-state index in [1.165, 1.54) is 0 Å². The highest BCUT2D eigenvalue weighted by Gasteiger charge is 2.20. The van der Waals surface area contributed by atoms with Gasteiger partial charge in [-0.05, 0) is 65.3 Å². The molecule has 0 aliphatic heterocycles. The van der Waals surface area contributed by atoms with Gasteiger partial charge in [0, 0.05) is 22.2 Å². The van der Waals surface area contributed by atoms with Gasteiger partial charge >= 0.3 is 0 Å². The molecular weight excluding hydrogens is 352 g/mol. The van der Waals surface area contributed by atoms with E-state index in [-0.39, 0.29) is 22.9 Å². The number of hydrogen-bond donors (Lipinski definition) is 2. The molecule has 2 aromatic carbocycles. The van der Waals surface area contributed by atoms with Crippen LogP contribution in [-0.2, 0) is 6.61 Å². The fraction of sp³-hybridized carbons (Fsp3) is 0.391. The zero-order valence-corrected chi connectivity index (χ0v) is 17.6. The standard InChI is InChI=1S/C23H30N2O3/c1-22(2,3)24-20(26)17-12-18(21(27)25-23(4,5)6)14-19(13-17)28-15-16-10-8-7-9-11-16/h7-14H,15H2,1-6H3,(H,24,26)(H,25,27). The molecule has 5 heteroatoms. The van der Waals surface area contributed by atoms with E-state index in [1.807, 2.05) is 71.9 Å². The Hall–Kier alpha value is -2.82. The summed E-state index contributed by atoms with van der Waals surface area (Å²) in [5.74, 6) is -0.0191. The molecule has 0 spiro atoms. The number of rotatable bonds is 5. The summed E-state index contributed by atoms with van der Waals surface area (Å²) in [4.78, 5) is 25.3. The van der Waals surface area contributed by atoms with Crippen molar-refractivity contribution in [3.63, 3.8) is 0 Å². The minimum Gasteiger partial charge on any atom is -0.489 e. The Labute approximate surface area is 167 Å². The lowest BCUT2D eigenvalue weighted by molar-refractivity contribution is 0.0918. The highest BCUT2D eigenvalue weighted by atomic mass is 16.5. The zero-order chi connectivity index (χ0) is 20.9. The summed E-state index contributed by atoms with van der Waals surface area (Å²) >= 11 is 0. The minimum atomic E-state index is -0.383. The lowest BCUT2D eigenvalue weighted by Gasteiger charge is -2.22. The Morgan fingerprint density at radius 1 is 0.786 bits per heavy atom. The van der Waals surface area contributed by atoms with Crippen LogP contribution in [0.25, 0.3) is 0 Å². The summed E-state index contributed by atoms with van der Waals surface area (Å²) in [5, 5.41) is 5.85. The van der Waals surface area contributed by atoms with Crippen molar-refractivity contribution in [1.82, 2.24) is 10.6 Å². The van der Waals surface area contributed by atoms with E-state index >= 15 is 0 Å². The monoisotopic (exact) mass is 382 g/mol. The molecule has 0 saturated heterocycles. The first-order valence-corrected chi connectivity index (χ1v) is 9.40. The molecule has 2 aromatic rings. The van der Waals surface area contributed by atoms with Crippen molar-refractivity contribution < 1.29 is 14.3 Å². The van der Waals surface area contributed by atoms with Crippen molar-refractivity contribution in [2.75, 3.05) is 0 Å². The number of amides is 2. The van der Waals surface area contributed by atoms with Crippen LogP contribution in [0.15, 0.2) is 48.5 Å². The molecule has 0 unspecified atom stereocenters. The average molecular weight is 383 g/mol. The smallest absolute Gasteiger partial charge is 0.251 e. The number of carbonyl (C=O) groups excluding carboxylic acids is 2. The average Bonchev–Trinajstić information content (AvgIpc) is 2.57. The summed E-state index contributed by atoms with van der Waals surface area (Å²) in [7, 11) is 0. The molecule has 0 bridgehead atoms. The van der Waals surface area contributed by atoms with Crippen LogP contribution in [0.3, 0.4) is 0 Å². The van der Waals surface area contributed by atoms with Crippen LogP contribution < -0.4 is 15.4 Å². The molecule has 0 aromatic heterocycles. The maximum Gasteiger partial charge on any atom is 0.251 e. The highest BCUT2D eigenvalue weighted by Crippen LogP contribution is 2.20. The van der Waals surface area contributed by atoms with Crippen molar-refractivity contribution in [2.24, 2.45) is 0 Å². The number of carbonyl (C=O) groups is 2. The number of ether oxygens (including phenoxy) is 1. The normalized spacial score (nSPS) is 11.6. The molecule has 2 amide bonds. The van der Waals surface area contributed by atoms with Gasteiger partial charge in [-0.15, -0.1) is 0 Å². The van der Waals surface area contributed by atoms with Crippen LogP contribution in [0.5, 0.6) is 5.75 Å². The van der Waals surface area contributed by atoms with E-state index in [9.17, 15) is 9.59 Å². The third-order valence-corrected chi connectivity index (χ3v) is 3.66. The summed E-state index contributed by atoms with van der Waals surface area (Å²) in [6, 6.07) is 14.7. The lowest BCUT2D eigenvalue weighted by atomic mass is 10.0. The quantitative estimate of drug-likeness (QED) is 0.809. The fourth-order valence-electron chi connectivity index (χ4n) is 2.51. The van der Waals surface area contributed by atoms with Crippen LogP contribution in [0.4, 0.5) is 0 Å². The molecule has 5 nitrogen and oxygen atoms in total. The summed E-state index contributed by atoms with van der Waals surface area (Å²) in [6.45, 7) is 11.8. The van der Waals surface area contributed by atoms with E-state index in [0.29, 0.717) is 23.5 Å².